The molecule has 0 aliphatic rings. The molecule has 1 rings (SSSR count). The van der Waals surface area contributed by atoms with Gasteiger partial charge in [0.1, 0.15) is 0 Å². The second kappa shape index (κ2) is 4.81. The number of anilines is 1. The van der Waals surface area contributed by atoms with Crippen LogP contribution in [-0.4, -0.2) is 30.3 Å². The van der Waals surface area contributed by atoms with Gasteiger partial charge in [0.2, 0.25) is 5.89 Å². The van der Waals surface area contributed by atoms with E-state index in [2.05, 4.69) is 10.1 Å². The topological polar surface area (TPSA) is 68.2 Å². The molecule has 0 fully saturated rings. The third-order valence-corrected chi connectivity index (χ3v) is 1.87. The Morgan fingerprint density at radius 3 is 2.92 bits per heavy atom. The maximum absolute atomic E-state index is 5.37. The fourth-order valence-electron chi connectivity index (χ4n) is 0.897. The van der Waals surface area contributed by atoms with Crippen LogP contribution in [0, 0.1) is 0 Å². The second-order valence-corrected chi connectivity index (χ2v) is 2.89. The molecule has 0 bridgehead atoms. The van der Waals surface area contributed by atoms with Crippen molar-refractivity contribution in [2.24, 2.45) is 5.73 Å². The van der Waals surface area contributed by atoms with Gasteiger partial charge in [-0.1, -0.05) is 0 Å². The average molecular weight is 184 g/mol. The highest BCUT2D eigenvalue weighted by molar-refractivity contribution is 5.24. The number of hydrogen-bond acceptors (Lipinski definition) is 5. The number of nitrogens with zero attached hydrogens (tertiary/aromatic N) is 3. The fourth-order valence-corrected chi connectivity index (χ4v) is 0.897. The Morgan fingerprint density at radius 2 is 2.31 bits per heavy atom. The largest absolute Gasteiger partial charge is 0.342 e. The van der Waals surface area contributed by atoms with Crippen molar-refractivity contribution in [2.45, 2.75) is 19.8 Å². The average Bonchev–Trinajstić information content (AvgIpc) is 2.62. The van der Waals surface area contributed by atoms with Crippen molar-refractivity contribution in [3.8, 4) is 0 Å². The highest BCUT2D eigenvalue weighted by Gasteiger charge is 2.07. The van der Waals surface area contributed by atoms with Gasteiger partial charge >= 0.3 is 0 Å². The molecule has 0 spiro atoms. The van der Waals surface area contributed by atoms with Crippen molar-refractivity contribution in [2.75, 3.05) is 25.0 Å². The van der Waals surface area contributed by atoms with Crippen molar-refractivity contribution < 1.29 is 4.52 Å². The highest BCUT2D eigenvalue weighted by Crippen LogP contribution is 2.07. The standard InChI is InChI=1S/C8H16N4O/c1-3-12(2)8-10-7(13-11-8)5-4-6-9/h3-6,9H2,1-2H3. The third-order valence-electron chi connectivity index (χ3n) is 1.87. The van der Waals surface area contributed by atoms with Gasteiger partial charge in [0.05, 0.1) is 0 Å². The molecule has 13 heavy (non-hydrogen) atoms. The van der Waals surface area contributed by atoms with Gasteiger partial charge in [-0.25, -0.2) is 0 Å². The molecule has 1 aromatic heterocycles. The molecule has 0 amide bonds. The van der Waals surface area contributed by atoms with Gasteiger partial charge in [-0.2, -0.15) is 4.98 Å². The summed E-state index contributed by atoms with van der Waals surface area (Å²) in [5.74, 6) is 1.32. The van der Waals surface area contributed by atoms with Crippen LogP contribution in [0.25, 0.3) is 0 Å². The maximum Gasteiger partial charge on any atom is 0.265 e. The summed E-state index contributed by atoms with van der Waals surface area (Å²) < 4.78 is 5.03. The summed E-state index contributed by atoms with van der Waals surface area (Å²) >= 11 is 0. The normalized spacial score (nSPS) is 10.4. The lowest BCUT2D eigenvalue weighted by Gasteiger charge is -2.08. The first-order valence-electron chi connectivity index (χ1n) is 4.51. The van der Waals surface area contributed by atoms with Gasteiger partial charge in [0.25, 0.3) is 5.95 Å². The molecule has 0 unspecified atom stereocenters. The van der Waals surface area contributed by atoms with Gasteiger partial charge in [-0.15, -0.1) is 0 Å². The summed E-state index contributed by atoms with van der Waals surface area (Å²) in [6, 6.07) is 0. The van der Waals surface area contributed by atoms with Crippen molar-refractivity contribution >= 4 is 5.95 Å². The van der Waals surface area contributed by atoms with E-state index in [1.165, 1.54) is 0 Å². The Kier molecular flexibility index (Phi) is 3.70. The van der Waals surface area contributed by atoms with E-state index in [4.69, 9.17) is 10.3 Å². The molecule has 0 radical (unpaired) electrons. The summed E-state index contributed by atoms with van der Waals surface area (Å²) in [7, 11) is 1.93. The number of hydrogen-bond donors (Lipinski definition) is 1. The monoisotopic (exact) mass is 184 g/mol. The summed E-state index contributed by atoms with van der Waals surface area (Å²) in [4.78, 5) is 6.14. The van der Waals surface area contributed by atoms with E-state index in [1.807, 2.05) is 18.9 Å². The van der Waals surface area contributed by atoms with Crippen molar-refractivity contribution in [1.29, 1.82) is 0 Å². The van der Waals surface area contributed by atoms with Crippen LogP contribution in [0.1, 0.15) is 19.2 Å². The molecule has 1 aromatic rings. The summed E-state index contributed by atoms with van der Waals surface area (Å²) in [6.45, 7) is 3.56. The molecule has 0 aliphatic carbocycles. The minimum Gasteiger partial charge on any atom is -0.342 e. The van der Waals surface area contributed by atoms with Crippen LogP contribution < -0.4 is 10.6 Å². The zero-order chi connectivity index (χ0) is 9.68. The van der Waals surface area contributed by atoms with E-state index in [-0.39, 0.29) is 0 Å². The molecule has 5 heteroatoms. The molecule has 0 aromatic carbocycles. The Bertz CT molecular complexity index is 248. The highest BCUT2D eigenvalue weighted by atomic mass is 16.5. The first kappa shape index (κ1) is 9.98. The Hall–Kier alpha value is -1.10. The minimum absolute atomic E-state index is 0.648. The van der Waals surface area contributed by atoms with Gasteiger partial charge in [-0.05, 0) is 25.0 Å². The van der Waals surface area contributed by atoms with E-state index < -0.39 is 0 Å². The van der Waals surface area contributed by atoms with Crippen LogP contribution in [0.15, 0.2) is 4.52 Å². The predicted molar refractivity (Wildman–Crippen MR) is 50.6 cm³/mol. The number of aromatic nitrogens is 2. The molecular weight excluding hydrogens is 168 g/mol. The smallest absolute Gasteiger partial charge is 0.265 e. The van der Waals surface area contributed by atoms with Crippen LogP contribution in [0.2, 0.25) is 0 Å². The second-order valence-electron chi connectivity index (χ2n) is 2.89. The van der Waals surface area contributed by atoms with Crippen molar-refractivity contribution in [3.05, 3.63) is 5.89 Å². The molecule has 0 atom stereocenters. The first-order chi connectivity index (χ1) is 6.27. The van der Waals surface area contributed by atoms with Crippen LogP contribution >= 0.6 is 0 Å². The van der Waals surface area contributed by atoms with Gasteiger partial charge in [0, 0.05) is 20.0 Å². The zero-order valence-corrected chi connectivity index (χ0v) is 8.16. The number of aryl methyl sites for hydroxylation is 1. The molecule has 74 valence electrons. The van der Waals surface area contributed by atoms with E-state index in [0.717, 1.165) is 19.4 Å². The summed E-state index contributed by atoms with van der Waals surface area (Å²) in [6.07, 6.45) is 1.65. The van der Waals surface area contributed by atoms with Crippen LogP contribution in [-0.2, 0) is 6.42 Å². The first-order valence-corrected chi connectivity index (χ1v) is 4.51. The Balaban J connectivity index is 2.53. The molecule has 0 saturated heterocycles. The zero-order valence-electron chi connectivity index (χ0n) is 8.16. The fraction of sp³-hybridized carbons (Fsp3) is 0.750. The SMILES string of the molecule is CCN(C)c1noc(CCCN)n1. The molecule has 1 heterocycles. The van der Waals surface area contributed by atoms with E-state index in [0.29, 0.717) is 18.4 Å². The molecular formula is C8H16N4O. The lowest BCUT2D eigenvalue weighted by Crippen LogP contribution is -2.17. The molecule has 0 aliphatic heterocycles. The summed E-state index contributed by atoms with van der Waals surface area (Å²) in [5, 5.41) is 3.84. The van der Waals surface area contributed by atoms with Crippen LogP contribution in [0.5, 0.6) is 0 Å². The van der Waals surface area contributed by atoms with Gasteiger partial charge in [0.15, 0.2) is 0 Å². The number of nitrogens with two attached hydrogens (primary N) is 1. The molecule has 2 N–H and O–H groups in total. The molecule has 5 nitrogen and oxygen atoms in total. The van der Waals surface area contributed by atoms with Crippen molar-refractivity contribution in [1.82, 2.24) is 10.1 Å². The Morgan fingerprint density at radius 1 is 1.54 bits per heavy atom. The maximum atomic E-state index is 5.37. The van der Waals surface area contributed by atoms with Crippen molar-refractivity contribution in [3.63, 3.8) is 0 Å². The predicted octanol–water partition coefficient (Wildman–Crippen LogP) is 0.417. The van der Waals surface area contributed by atoms with E-state index in [9.17, 15) is 0 Å². The van der Waals surface area contributed by atoms with Crippen LogP contribution in [0.3, 0.4) is 0 Å². The lowest BCUT2D eigenvalue weighted by atomic mass is 10.3. The van der Waals surface area contributed by atoms with Gasteiger partial charge < -0.3 is 15.2 Å². The quantitative estimate of drug-likeness (QED) is 0.718. The Labute approximate surface area is 77.9 Å². The minimum atomic E-state index is 0.648. The number of rotatable bonds is 5. The van der Waals surface area contributed by atoms with Gasteiger partial charge in [-0.3, -0.25) is 0 Å². The summed E-state index contributed by atoms with van der Waals surface area (Å²) in [5.41, 5.74) is 5.37. The van der Waals surface area contributed by atoms with E-state index in [1.54, 1.807) is 0 Å². The van der Waals surface area contributed by atoms with E-state index >= 15 is 0 Å². The third kappa shape index (κ3) is 2.69. The lowest BCUT2D eigenvalue weighted by molar-refractivity contribution is 0.375. The molecule has 0 saturated carbocycles. The van der Waals surface area contributed by atoms with Crippen LogP contribution in [0.4, 0.5) is 5.95 Å².